The first kappa shape index (κ1) is 16.4. The van der Waals surface area contributed by atoms with Crippen LogP contribution in [0.4, 0.5) is 0 Å². The Morgan fingerprint density at radius 3 is 2.43 bits per heavy atom. The first-order valence-corrected chi connectivity index (χ1v) is 8.67. The first-order chi connectivity index (χ1) is 9.88. The van der Waals surface area contributed by atoms with Crippen LogP contribution in [0.1, 0.15) is 69.6 Å². The maximum absolute atomic E-state index is 11.3. The van der Waals surface area contributed by atoms with E-state index in [1.54, 1.807) is 11.3 Å². The molecule has 0 amide bonds. The van der Waals surface area contributed by atoms with Gasteiger partial charge in [-0.15, -0.1) is 11.3 Å². The first-order valence-electron chi connectivity index (χ1n) is 7.79. The smallest absolute Gasteiger partial charge is 0.305 e. The normalized spacial score (nSPS) is 19.2. The number of carbonyl (C=O) groups is 1. The summed E-state index contributed by atoms with van der Waals surface area (Å²) in [4.78, 5) is 18.3. The van der Waals surface area contributed by atoms with E-state index in [0.717, 1.165) is 36.6 Å². The minimum atomic E-state index is -0.741. The van der Waals surface area contributed by atoms with Crippen LogP contribution in [0.15, 0.2) is 5.38 Å². The van der Waals surface area contributed by atoms with Gasteiger partial charge in [0.2, 0.25) is 0 Å². The van der Waals surface area contributed by atoms with Crippen molar-refractivity contribution in [3.63, 3.8) is 0 Å². The van der Waals surface area contributed by atoms with Crippen LogP contribution < -0.4 is 0 Å². The summed E-state index contributed by atoms with van der Waals surface area (Å²) < 4.78 is 0. The van der Waals surface area contributed by atoms with Crippen molar-refractivity contribution in [3.05, 3.63) is 16.1 Å². The van der Waals surface area contributed by atoms with Gasteiger partial charge in [0.25, 0.3) is 0 Å². The van der Waals surface area contributed by atoms with Crippen molar-refractivity contribution in [1.29, 1.82) is 0 Å². The van der Waals surface area contributed by atoms with Crippen molar-refractivity contribution in [2.75, 3.05) is 13.1 Å². The fraction of sp³-hybridized carbons (Fsp3) is 0.750. The van der Waals surface area contributed by atoms with Gasteiger partial charge in [0, 0.05) is 10.8 Å². The third-order valence-corrected chi connectivity index (χ3v) is 5.24. The Bertz CT molecular complexity index is 471. The quantitative estimate of drug-likeness (QED) is 0.918. The third-order valence-electron chi connectivity index (χ3n) is 3.95. The maximum Gasteiger partial charge on any atom is 0.305 e. The lowest BCUT2D eigenvalue weighted by Gasteiger charge is -2.28. The number of thiazole rings is 1. The summed E-state index contributed by atoms with van der Waals surface area (Å²) in [5.74, 6) is -0.741. The molecule has 0 aromatic carbocycles. The molecule has 2 heterocycles. The van der Waals surface area contributed by atoms with Crippen LogP contribution in [0.25, 0.3) is 0 Å². The van der Waals surface area contributed by atoms with E-state index in [1.807, 2.05) is 0 Å². The standard InChI is InChI=1S/C16H26N2O2S/c1-16(2,3)15-17-12(11-21-15)13(10-14(19)20)18-8-6-4-5-7-9-18/h11,13H,4-10H2,1-3H3,(H,19,20). The van der Waals surface area contributed by atoms with Gasteiger partial charge in [-0.25, -0.2) is 4.98 Å². The zero-order chi connectivity index (χ0) is 15.5. The molecule has 1 aromatic heterocycles. The molecule has 5 heteroatoms. The van der Waals surface area contributed by atoms with Gasteiger partial charge in [-0.05, 0) is 25.9 Å². The molecule has 1 N–H and O–H groups in total. The molecule has 1 aliphatic heterocycles. The molecule has 0 saturated carbocycles. The second-order valence-corrected chi connectivity index (χ2v) is 7.75. The number of aliphatic carboxylic acids is 1. The van der Waals surface area contributed by atoms with Crippen molar-refractivity contribution in [2.24, 2.45) is 0 Å². The fourth-order valence-electron chi connectivity index (χ4n) is 2.78. The molecule has 4 nitrogen and oxygen atoms in total. The van der Waals surface area contributed by atoms with Crippen LogP contribution >= 0.6 is 11.3 Å². The van der Waals surface area contributed by atoms with Gasteiger partial charge in [-0.2, -0.15) is 0 Å². The largest absolute Gasteiger partial charge is 0.481 e. The summed E-state index contributed by atoms with van der Waals surface area (Å²) in [5, 5.41) is 12.4. The Morgan fingerprint density at radius 1 is 1.33 bits per heavy atom. The molecule has 0 bridgehead atoms. The number of rotatable bonds is 4. The molecule has 21 heavy (non-hydrogen) atoms. The van der Waals surface area contributed by atoms with Crippen LogP contribution in [0.2, 0.25) is 0 Å². The number of hydrogen-bond donors (Lipinski definition) is 1. The van der Waals surface area contributed by atoms with Gasteiger partial charge in [0.15, 0.2) is 0 Å². The average molecular weight is 310 g/mol. The number of carboxylic acid groups (broad SMARTS) is 1. The van der Waals surface area contributed by atoms with Crippen molar-refractivity contribution in [2.45, 2.75) is 64.3 Å². The molecule has 0 aliphatic carbocycles. The highest BCUT2D eigenvalue weighted by atomic mass is 32.1. The van der Waals surface area contributed by atoms with Crippen molar-refractivity contribution in [3.8, 4) is 0 Å². The summed E-state index contributed by atoms with van der Waals surface area (Å²) in [5.41, 5.74) is 0.962. The number of likely N-dealkylation sites (tertiary alicyclic amines) is 1. The lowest BCUT2D eigenvalue weighted by Crippen LogP contribution is -2.31. The zero-order valence-electron chi connectivity index (χ0n) is 13.3. The van der Waals surface area contributed by atoms with Crippen molar-refractivity contribution < 1.29 is 9.90 Å². The molecule has 1 saturated heterocycles. The molecule has 2 rings (SSSR count). The molecule has 1 unspecified atom stereocenters. The second-order valence-electron chi connectivity index (χ2n) is 6.89. The number of carboxylic acids is 1. The van der Waals surface area contributed by atoms with Crippen LogP contribution in [0.3, 0.4) is 0 Å². The van der Waals surface area contributed by atoms with Crippen molar-refractivity contribution in [1.82, 2.24) is 9.88 Å². The van der Waals surface area contributed by atoms with E-state index >= 15 is 0 Å². The Balaban J connectivity index is 2.22. The highest BCUT2D eigenvalue weighted by molar-refractivity contribution is 7.09. The predicted octanol–water partition coefficient (Wildman–Crippen LogP) is 3.83. The summed E-state index contributed by atoms with van der Waals surface area (Å²) in [7, 11) is 0. The second kappa shape index (κ2) is 6.88. The summed E-state index contributed by atoms with van der Waals surface area (Å²) in [6.07, 6.45) is 4.97. The van der Waals surface area contributed by atoms with Crippen molar-refractivity contribution >= 4 is 17.3 Å². The number of nitrogens with zero attached hydrogens (tertiary/aromatic N) is 2. The minimum absolute atomic E-state index is 0.0233. The zero-order valence-corrected chi connectivity index (χ0v) is 14.1. The monoisotopic (exact) mass is 310 g/mol. The predicted molar refractivity (Wildman–Crippen MR) is 85.8 cm³/mol. The van der Waals surface area contributed by atoms with E-state index in [0.29, 0.717) is 0 Å². The lowest BCUT2D eigenvalue weighted by molar-refractivity contribution is -0.138. The third kappa shape index (κ3) is 4.51. The van der Waals surface area contributed by atoms with E-state index in [1.165, 1.54) is 12.8 Å². The molecule has 118 valence electrons. The molecule has 1 fully saturated rings. The molecular formula is C16H26N2O2S. The molecule has 1 aromatic rings. The highest BCUT2D eigenvalue weighted by Gasteiger charge is 2.28. The van der Waals surface area contributed by atoms with Crippen LogP contribution in [-0.2, 0) is 10.2 Å². The van der Waals surface area contributed by atoms with Gasteiger partial charge in [-0.1, -0.05) is 33.6 Å². The molecule has 1 atom stereocenters. The van der Waals surface area contributed by atoms with Gasteiger partial charge in [-0.3, -0.25) is 9.69 Å². The Morgan fingerprint density at radius 2 is 1.95 bits per heavy atom. The van der Waals surface area contributed by atoms with Crippen LogP contribution in [0.5, 0.6) is 0 Å². The van der Waals surface area contributed by atoms with E-state index < -0.39 is 5.97 Å². The Hall–Kier alpha value is -0.940. The SMILES string of the molecule is CC(C)(C)c1nc(C(CC(=O)O)N2CCCCCC2)cs1. The van der Waals surface area contributed by atoms with Gasteiger partial charge >= 0.3 is 5.97 Å². The summed E-state index contributed by atoms with van der Waals surface area (Å²) in [6, 6.07) is -0.0760. The minimum Gasteiger partial charge on any atom is -0.481 e. The van der Waals surface area contributed by atoms with E-state index in [-0.39, 0.29) is 17.9 Å². The Labute approximate surface area is 131 Å². The van der Waals surface area contributed by atoms with Crippen LogP contribution in [0, 0.1) is 0 Å². The molecule has 1 aliphatic rings. The highest BCUT2D eigenvalue weighted by Crippen LogP contribution is 2.32. The van der Waals surface area contributed by atoms with Gasteiger partial charge in [0.1, 0.15) is 0 Å². The molecule has 0 spiro atoms. The summed E-state index contributed by atoms with van der Waals surface area (Å²) >= 11 is 1.65. The van der Waals surface area contributed by atoms with Gasteiger partial charge < -0.3 is 5.11 Å². The van der Waals surface area contributed by atoms with Gasteiger partial charge in [0.05, 0.1) is 23.2 Å². The molecular weight excluding hydrogens is 284 g/mol. The van der Waals surface area contributed by atoms with Crippen LogP contribution in [-0.4, -0.2) is 34.0 Å². The van der Waals surface area contributed by atoms with E-state index in [9.17, 15) is 9.90 Å². The number of hydrogen-bond acceptors (Lipinski definition) is 4. The maximum atomic E-state index is 11.3. The lowest BCUT2D eigenvalue weighted by atomic mass is 9.98. The summed E-state index contributed by atoms with van der Waals surface area (Å²) in [6.45, 7) is 8.41. The topological polar surface area (TPSA) is 53.4 Å². The Kier molecular flexibility index (Phi) is 5.38. The average Bonchev–Trinajstić information content (AvgIpc) is 2.72. The molecule has 0 radical (unpaired) electrons. The van der Waals surface area contributed by atoms with E-state index in [4.69, 9.17) is 4.98 Å². The fourth-order valence-corrected chi connectivity index (χ4v) is 3.73. The number of aromatic nitrogens is 1. The van der Waals surface area contributed by atoms with E-state index in [2.05, 4.69) is 31.1 Å².